The van der Waals surface area contributed by atoms with Crippen LogP contribution in [0.4, 0.5) is 0 Å². The second-order valence-corrected chi connectivity index (χ2v) is 15.0. The van der Waals surface area contributed by atoms with Crippen molar-refractivity contribution in [3.05, 3.63) is 156 Å². The Morgan fingerprint density at radius 3 is 1.32 bits per heavy atom. The van der Waals surface area contributed by atoms with Crippen LogP contribution in [0.3, 0.4) is 0 Å². The van der Waals surface area contributed by atoms with Crippen molar-refractivity contribution in [2.75, 3.05) is 13.1 Å². The van der Waals surface area contributed by atoms with Gasteiger partial charge in [-0.05, 0) is 78.1 Å². The predicted molar refractivity (Wildman–Crippen MR) is 230 cm³/mol. The zero-order valence-corrected chi connectivity index (χ0v) is 33.9. The summed E-state index contributed by atoms with van der Waals surface area (Å²) in [4.78, 5) is 32.3. The average Bonchev–Trinajstić information content (AvgIpc) is 3.21. The van der Waals surface area contributed by atoms with Crippen LogP contribution in [-0.4, -0.2) is 49.9 Å². The molecule has 1 aliphatic rings. The van der Waals surface area contributed by atoms with Gasteiger partial charge in [0.2, 0.25) is 0 Å². The first-order valence-electron chi connectivity index (χ1n) is 19.4. The van der Waals surface area contributed by atoms with Crippen molar-refractivity contribution in [2.45, 2.75) is 46.4 Å². The number of carboxylic acid groups (broad SMARTS) is 1. The SMILES string of the molecule is CCCN(Cc1ccc(Oc2ccccc2)cc1)C(=S)C1C(C(=O)O)C(C(=O)OCc2ccccc2)C1C(=S)N(CCC)Cc1ccc(Oc2ccccc2)cc1. The highest BCUT2D eigenvalue weighted by atomic mass is 32.1. The van der Waals surface area contributed by atoms with Crippen LogP contribution in [0.25, 0.3) is 0 Å². The summed E-state index contributed by atoms with van der Waals surface area (Å²) in [5, 5.41) is 10.8. The molecule has 0 aliphatic heterocycles. The molecule has 0 bridgehead atoms. The molecule has 5 aromatic carbocycles. The highest BCUT2D eigenvalue weighted by Gasteiger charge is 2.62. The van der Waals surface area contributed by atoms with Gasteiger partial charge in [0.25, 0.3) is 0 Å². The van der Waals surface area contributed by atoms with E-state index in [2.05, 4.69) is 23.6 Å². The molecule has 0 amide bonds. The zero-order valence-electron chi connectivity index (χ0n) is 32.2. The lowest BCUT2D eigenvalue weighted by Gasteiger charge is -2.52. The Hall–Kier alpha value is -5.58. The molecule has 1 saturated carbocycles. The predicted octanol–water partition coefficient (Wildman–Crippen LogP) is 10.4. The van der Waals surface area contributed by atoms with Crippen molar-refractivity contribution >= 4 is 46.4 Å². The van der Waals surface area contributed by atoms with Crippen LogP contribution in [0.15, 0.2) is 140 Å². The fourth-order valence-electron chi connectivity index (χ4n) is 7.30. The highest BCUT2D eigenvalue weighted by molar-refractivity contribution is 7.80. The highest BCUT2D eigenvalue weighted by Crippen LogP contribution is 2.50. The van der Waals surface area contributed by atoms with E-state index in [0.717, 1.165) is 41.0 Å². The normalized spacial score (nSPS) is 17.1. The van der Waals surface area contributed by atoms with Crippen LogP contribution in [0.2, 0.25) is 0 Å². The second kappa shape index (κ2) is 20.0. The first kappa shape index (κ1) is 41.1. The van der Waals surface area contributed by atoms with Gasteiger partial charge < -0.3 is 29.1 Å². The van der Waals surface area contributed by atoms with E-state index in [0.29, 0.717) is 47.7 Å². The largest absolute Gasteiger partial charge is 0.481 e. The van der Waals surface area contributed by atoms with E-state index >= 15 is 0 Å². The van der Waals surface area contributed by atoms with E-state index in [1.807, 2.05) is 140 Å². The van der Waals surface area contributed by atoms with Gasteiger partial charge in [-0.25, -0.2) is 0 Å². The molecule has 0 heterocycles. The van der Waals surface area contributed by atoms with Gasteiger partial charge >= 0.3 is 11.9 Å². The quantitative estimate of drug-likeness (QED) is 0.0683. The number of hydrogen-bond donors (Lipinski definition) is 1. The van der Waals surface area contributed by atoms with Crippen LogP contribution in [0.5, 0.6) is 23.0 Å². The van der Waals surface area contributed by atoms with Gasteiger partial charge in [0.05, 0.1) is 21.8 Å². The summed E-state index contributed by atoms with van der Waals surface area (Å²) in [5.74, 6) is -2.27. The second-order valence-electron chi connectivity index (χ2n) is 14.2. The van der Waals surface area contributed by atoms with Gasteiger partial charge in [0.1, 0.15) is 29.6 Å². The zero-order chi connectivity index (χ0) is 40.1. The molecule has 8 nitrogen and oxygen atoms in total. The van der Waals surface area contributed by atoms with Gasteiger partial charge in [-0.15, -0.1) is 0 Å². The number of para-hydroxylation sites is 2. The monoisotopic (exact) mass is 800 g/mol. The molecule has 4 atom stereocenters. The van der Waals surface area contributed by atoms with E-state index in [-0.39, 0.29) is 6.61 Å². The van der Waals surface area contributed by atoms with Crippen LogP contribution < -0.4 is 9.47 Å². The molecule has 10 heteroatoms. The summed E-state index contributed by atoms with van der Waals surface area (Å²) >= 11 is 12.5. The Bertz CT molecular complexity index is 2080. The number of aliphatic carboxylic acids is 1. The first-order chi connectivity index (χ1) is 27.7. The Kier molecular flexibility index (Phi) is 14.4. The van der Waals surface area contributed by atoms with E-state index in [4.69, 9.17) is 38.6 Å². The van der Waals surface area contributed by atoms with Crippen molar-refractivity contribution in [1.82, 2.24) is 9.80 Å². The molecule has 0 aromatic heterocycles. The smallest absolute Gasteiger partial charge is 0.310 e. The molecule has 1 aliphatic carbocycles. The maximum absolute atomic E-state index is 14.0. The van der Waals surface area contributed by atoms with Crippen LogP contribution >= 0.6 is 24.4 Å². The van der Waals surface area contributed by atoms with Crippen LogP contribution in [0.1, 0.15) is 43.4 Å². The van der Waals surface area contributed by atoms with Crippen LogP contribution in [0, 0.1) is 23.7 Å². The van der Waals surface area contributed by atoms with Crippen molar-refractivity contribution in [1.29, 1.82) is 0 Å². The summed E-state index contributed by atoms with van der Waals surface area (Å²) in [6.07, 6.45) is 1.57. The summed E-state index contributed by atoms with van der Waals surface area (Å²) in [6, 6.07) is 44.2. The van der Waals surface area contributed by atoms with E-state index in [1.165, 1.54) is 0 Å². The number of benzene rings is 5. The molecule has 57 heavy (non-hydrogen) atoms. The summed E-state index contributed by atoms with van der Waals surface area (Å²) in [7, 11) is 0. The Morgan fingerprint density at radius 1 is 0.526 bits per heavy atom. The summed E-state index contributed by atoms with van der Waals surface area (Å²) < 4.78 is 17.8. The molecule has 294 valence electrons. The van der Waals surface area contributed by atoms with Gasteiger partial charge in [0, 0.05) is 38.0 Å². The minimum atomic E-state index is -1.11. The standard InChI is InChI=1S/C47H48N2O6S2/c1-3-28-48(30-33-20-24-38(25-21-33)54-36-16-10-6-11-17-36)44(56)40-41(43(42(40)46(50)51)47(52)53-32-35-14-8-5-9-15-35)45(57)49(29-4-2)31-34-22-26-39(27-23-34)55-37-18-12-7-13-19-37/h5-27,40-43H,3-4,28-32H2,1-2H3,(H,50,51). The number of rotatable bonds is 18. The topological polar surface area (TPSA) is 88.5 Å². The molecule has 5 aromatic rings. The number of esters is 1. The van der Waals surface area contributed by atoms with E-state index in [9.17, 15) is 14.7 Å². The molecule has 0 saturated heterocycles. The average molecular weight is 801 g/mol. The van der Waals surface area contributed by atoms with Crippen molar-refractivity contribution in [3.63, 3.8) is 0 Å². The molecule has 1 N–H and O–H groups in total. The maximum Gasteiger partial charge on any atom is 0.310 e. The molecule has 0 spiro atoms. The lowest BCUT2D eigenvalue weighted by molar-refractivity contribution is -0.171. The van der Waals surface area contributed by atoms with Crippen molar-refractivity contribution in [3.8, 4) is 23.0 Å². The third kappa shape index (κ3) is 10.6. The van der Waals surface area contributed by atoms with Crippen LogP contribution in [-0.2, 0) is 34.0 Å². The van der Waals surface area contributed by atoms with Gasteiger partial charge in [0.15, 0.2) is 0 Å². The third-order valence-electron chi connectivity index (χ3n) is 10.1. The number of nitrogens with zero attached hydrogens (tertiary/aromatic N) is 2. The summed E-state index contributed by atoms with van der Waals surface area (Å²) in [5.41, 5.74) is 2.79. The maximum atomic E-state index is 14.0. The first-order valence-corrected chi connectivity index (χ1v) is 20.2. The molecule has 6 rings (SSSR count). The minimum absolute atomic E-state index is 0.0269. The fourth-order valence-corrected chi connectivity index (χ4v) is 8.20. The lowest BCUT2D eigenvalue weighted by atomic mass is 9.55. The van der Waals surface area contributed by atoms with E-state index in [1.54, 1.807) is 0 Å². The number of hydrogen-bond acceptors (Lipinski definition) is 7. The lowest BCUT2D eigenvalue weighted by Crippen LogP contribution is -2.63. The van der Waals surface area contributed by atoms with Gasteiger partial charge in [-0.1, -0.05) is 129 Å². The number of carboxylic acids is 1. The molecule has 1 fully saturated rings. The Balaban J connectivity index is 1.25. The number of carbonyl (C=O) groups is 2. The Labute approximate surface area is 346 Å². The Morgan fingerprint density at radius 2 is 0.912 bits per heavy atom. The molecule has 4 unspecified atom stereocenters. The van der Waals surface area contributed by atoms with Gasteiger partial charge in [-0.2, -0.15) is 0 Å². The van der Waals surface area contributed by atoms with Crippen molar-refractivity contribution < 1.29 is 28.9 Å². The fraction of sp³-hybridized carbons (Fsp3) is 0.277. The number of ether oxygens (including phenoxy) is 3. The summed E-state index contributed by atoms with van der Waals surface area (Å²) in [6.45, 7) is 6.29. The number of carbonyl (C=O) groups excluding carboxylic acids is 1. The third-order valence-corrected chi connectivity index (χ3v) is 11.1. The number of thiocarbonyl (C=S) groups is 2. The van der Waals surface area contributed by atoms with Crippen molar-refractivity contribution in [2.24, 2.45) is 23.7 Å². The van der Waals surface area contributed by atoms with Gasteiger partial charge in [-0.3, -0.25) is 9.59 Å². The molecular formula is C47H48N2O6S2. The minimum Gasteiger partial charge on any atom is -0.481 e. The molecule has 0 radical (unpaired) electrons. The van der Waals surface area contributed by atoms with E-state index < -0.39 is 35.6 Å². The molecular weight excluding hydrogens is 753 g/mol.